The van der Waals surface area contributed by atoms with Gasteiger partial charge >= 0.3 is 0 Å². The minimum absolute atomic E-state index is 0.0606. The lowest BCUT2D eigenvalue weighted by molar-refractivity contribution is -0.900. The van der Waals surface area contributed by atoms with E-state index in [9.17, 15) is 13.2 Å². The molecule has 2 rings (SSSR count). The van der Waals surface area contributed by atoms with Crippen molar-refractivity contribution in [3.8, 4) is 0 Å². The Kier molecular flexibility index (Phi) is 7.20. The Hall–Kier alpha value is -1.44. The van der Waals surface area contributed by atoms with Crippen molar-refractivity contribution in [2.45, 2.75) is 45.4 Å². The Morgan fingerprint density at radius 3 is 2.62 bits per heavy atom. The lowest BCUT2D eigenvalue weighted by Crippen LogP contribution is -3.14. The maximum Gasteiger partial charge on any atom is 0.279 e. The third-order valence-electron chi connectivity index (χ3n) is 5.10. The molecule has 6 nitrogen and oxygen atoms in total. The summed E-state index contributed by atoms with van der Waals surface area (Å²) in [6.45, 7) is 11.0. The number of benzene rings is 1. The second kappa shape index (κ2) is 8.97. The molecule has 0 radical (unpaired) electrons. The van der Waals surface area contributed by atoms with Gasteiger partial charge in [-0.25, -0.2) is 8.42 Å². The van der Waals surface area contributed by atoms with Crippen molar-refractivity contribution in [1.82, 2.24) is 4.31 Å². The van der Waals surface area contributed by atoms with Crippen LogP contribution < -0.4 is 10.2 Å². The number of rotatable bonds is 7. The summed E-state index contributed by atoms with van der Waals surface area (Å²) < 4.78 is 26.8. The smallest absolute Gasteiger partial charge is 0.279 e. The van der Waals surface area contributed by atoms with Crippen molar-refractivity contribution < 1.29 is 18.1 Å². The molecule has 26 heavy (non-hydrogen) atoms. The summed E-state index contributed by atoms with van der Waals surface area (Å²) in [5, 5.41) is 2.92. The number of nitrogens with one attached hydrogen (secondary N) is 2. The summed E-state index contributed by atoms with van der Waals surface area (Å²) in [6, 6.07) is 4.94. The van der Waals surface area contributed by atoms with E-state index in [1.807, 2.05) is 20.8 Å². The molecule has 0 aliphatic carbocycles. The van der Waals surface area contributed by atoms with Gasteiger partial charge in [-0.05, 0) is 37.5 Å². The molecular weight excluding hydrogens is 350 g/mol. The van der Waals surface area contributed by atoms with Gasteiger partial charge in [-0.1, -0.05) is 26.8 Å². The molecule has 0 saturated carbocycles. The number of carbonyl (C=O) groups excluding carboxylic acids is 1. The molecule has 1 aromatic rings. The van der Waals surface area contributed by atoms with E-state index in [2.05, 4.69) is 12.2 Å². The van der Waals surface area contributed by atoms with Gasteiger partial charge in [-0.15, -0.1) is 0 Å². The minimum atomic E-state index is -3.53. The third-order valence-corrected chi connectivity index (χ3v) is 7.15. The predicted molar refractivity (Wildman–Crippen MR) is 104 cm³/mol. The molecule has 146 valence electrons. The van der Waals surface area contributed by atoms with Crippen molar-refractivity contribution in [3.63, 3.8) is 0 Å². The molecule has 7 heteroatoms. The molecule has 0 spiro atoms. The number of likely N-dealkylation sites (tertiary alicyclic amines) is 1. The predicted octanol–water partition coefficient (Wildman–Crippen LogP) is 1.28. The number of quaternary nitrogens is 1. The summed E-state index contributed by atoms with van der Waals surface area (Å²) in [7, 11) is -3.53. The average Bonchev–Trinajstić information content (AvgIpc) is 2.57. The van der Waals surface area contributed by atoms with Crippen molar-refractivity contribution in [1.29, 1.82) is 0 Å². The van der Waals surface area contributed by atoms with Crippen LogP contribution >= 0.6 is 0 Å². The number of anilines is 1. The summed E-state index contributed by atoms with van der Waals surface area (Å²) in [6.07, 6.45) is 2.38. The summed E-state index contributed by atoms with van der Waals surface area (Å²) in [5.74, 6) is 0.588. The summed E-state index contributed by atoms with van der Waals surface area (Å²) in [4.78, 5) is 14.0. The van der Waals surface area contributed by atoms with Gasteiger partial charge in [0, 0.05) is 24.7 Å². The third kappa shape index (κ3) is 5.05. The zero-order valence-electron chi connectivity index (χ0n) is 16.3. The van der Waals surface area contributed by atoms with E-state index in [0.717, 1.165) is 25.1 Å². The van der Waals surface area contributed by atoms with Gasteiger partial charge < -0.3 is 10.2 Å². The van der Waals surface area contributed by atoms with E-state index in [1.54, 1.807) is 18.2 Å². The van der Waals surface area contributed by atoms with Crippen LogP contribution in [0.5, 0.6) is 0 Å². The Balaban J connectivity index is 2.13. The number of hydrogen-bond acceptors (Lipinski definition) is 3. The summed E-state index contributed by atoms with van der Waals surface area (Å²) in [5.41, 5.74) is 1.44. The van der Waals surface area contributed by atoms with Gasteiger partial charge in [0.2, 0.25) is 10.0 Å². The number of carbonyl (C=O) groups is 1. The minimum Gasteiger partial charge on any atom is -0.327 e. The first-order valence-electron chi connectivity index (χ1n) is 9.52. The van der Waals surface area contributed by atoms with Gasteiger partial charge in [0.15, 0.2) is 6.54 Å². The van der Waals surface area contributed by atoms with E-state index >= 15 is 0 Å². The summed E-state index contributed by atoms with van der Waals surface area (Å²) >= 11 is 0. The fourth-order valence-corrected chi connectivity index (χ4v) is 5.07. The fraction of sp³-hybridized carbons (Fsp3) is 0.632. The van der Waals surface area contributed by atoms with Crippen LogP contribution in [0.1, 0.15) is 39.2 Å². The van der Waals surface area contributed by atoms with Gasteiger partial charge in [0.05, 0.1) is 18.0 Å². The Morgan fingerprint density at radius 1 is 1.31 bits per heavy atom. The second-order valence-electron chi connectivity index (χ2n) is 7.24. The lowest BCUT2D eigenvalue weighted by Gasteiger charge is -2.27. The number of aryl methyl sites for hydroxylation is 1. The molecule has 0 bridgehead atoms. The highest BCUT2D eigenvalue weighted by molar-refractivity contribution is 7.89. The monoisotopic (exact) mass is 382 g/mol. The Labute approximate surface area is 157 Å². The topological polar surface area (TPSA) is 70.9 Å². The number of piperidine rings is 1. The number of amides is 1. The molecule has 1 unspecified atom stereocenters. The van der Waals surface area contributed by atoms with Crippen LogP contribution in [-0.4, -0.2) is 51.4 Å². The number of hydrogen-bond donors (Lipinski definition) is 2. The molecule has 1 aliphatic rings. The number of sulfonamides is 1. The van der Waals surface area contributed by atoms with Crippen LogP contribution in [0, 0.1) is 12.8 Å². The number of nitrogens with zero attached hydrogens (tertiary/aromatic N) is 1. The first-order chi connectivity index (χ1) is 12.3. The highest BCUT2D eigenvalue weighted by atomic mass is 32.2. The largest absolute Gasteiger partial charge is 0.327 e. The second-order valence-corrected chi connectivity index (χ2v) is 9.18. The van der Waals surface area contributed by atoms with Crippen LogP contribution in [0.4, 0.5) is 5.69 Å². The molecular formula is C19H32N3O3S+. The lowest BCUT2D eigenvalue weighted by atomic mass is 10.0. The van der Waals surface area contributed by atoms with Crippen LogP contribution in [0.2, 0.25) is 0 Å². The van der Waals surface area contributed by atoms with Crippen molar-refractivity contribution in [3.05, 3.63) is 23.8 Å². The van der Waals surface area contributed by atoms with E-state index in [-0.39, 0.29) is 10.8 Å². The van der Waals surface area contributed by atoms with Crippen LogP contribution in [0.15, 0.2) is 23.1 Å². The molecule has 1 fully saturated rings. The highest BCUT2D eigenvalue weighted by Crippen LogP contribution is 2.23. The van der Waals surface area contributed by atoms with Gasteiger partial charge in [0.25, 0.3) is 5.91 Å². The Bertz CT molecular complexity index is 730. The van der Waals surface area contributed by atoms with Crippen molar-refractivity contribution in [2.75, 3.05) is 38.0 Å². The Morgan fingerprint density at radius 2 is 2.00 bits per heavy atom. The van der Waals surface area contributed by atoms with E-state index in [4.69, 9.17) is 0 Å². The van der Waals surface area contributed by atoms with Crippen LogP contribution in [0.25, 0.3) is 0 Å². The van der Waals surface area contributed by atoms with Crippen molar-refractivity contribution >= 4 is 21.6 Å². The zero-order valence-corrected chi connectivity index (χ0v) is 17.2. The SMILES string of the molecule is CCN(CC)S(=O)(=O)c1ccc(C)c(NC(=O)C[NH+]2CCC[C@H](C)C2)c1. The first-order valence-corrected chi connectivity index (χ1v) is 11.0. The van der Waals surface area contributed by atoms with E-state index < -0.39 is 10.0 Å². The average molecular weight is 383 g/mol. The van der Waals surface area contributed by atoms with Crippen LogP contribution in [0.3, 0.4) is 0 Å². The first kappa shape index (κ1) is 20.9. The maximum absolute atomic E-state index is 12.7. The standard InChI is InChI=1S/C19H31N3O3S/c1-5-22(6-2)26(24,25)17-10-9-16(4)18(12-17)20-19(23)14-21-11-7-8-15(3)13-21/h9-10,12,15H,5-8,11,13-14H2,1-4H3,(H,20,23)/p+1/t15-/m0/s1. The molecule has 1 heterocycles. The van der Waals surface area contributed by atoms with Crippen molar-refractivity contribution in [2.24, 2.45) is 5.92 Å². The molecule has 1 amide bonds. The van der Waals surface area contributed by atoms with Gasteiger partial charge in [-0.2, -0.15) is 4.31 Å². The molecule has 1 aliphatic heterocycles. The fourth-order valence-electron chi connectivity index (χ4n) is 3.59. The highest BCUT2D eigenvalue weighted by Gasteiger charge is 2.24. The van der Waals surface area contributed by atoms with Crippen LogP contribution in [-0.2, 0) is 14.8 Å². The normalized spacial score (nSPS) is 21.0. The quantitative estimate of drug-likeness (QED) is 0.746. The molecule has 1 aromatic carbocycles. The van der Waals surface area contributed by atoms with Gasteiger partial charge in [0.1, 0.15) is 0 Å². The maximum atomic E-state index is 12.7. The molecule has 2 atom stereocenters. The molecule has 1 saturated heterocycles. The zero-order chi connectivity index (χ0) is 19.3. The van der Waals surface area contributed by atoms with E-state index in [1.165, 1.54) is 15.6 Å². The molecule has 0 aromatic heterocycles. The van der Waals surface area contributed by atoms with E-state index in [0.29, 0.717) is 31.2 Å². The van der Waals surface area contributed by atoms with Gasteiger partial charge in [-0.3, -0.25) is 4.79 Å². The molecule has 2 N–H and O–H groups in total.